The van der Waals surface area contributed by atoms with Gasteiger partial charge in [-0.2, -0.15) is 5.10 Å². The predicted octanol–water partition coefficient (Wildman–Crippen LogP) is 1.72. The smallest absolute Gasteiger partial charge is 0.241 e. The monoisotopic (exact) mass is 344 g/mol. The summed E-state index contributed by atoms with van der Waals surface area (Å²) in [6, 6.07) is 5.24. The van der Waals surface area contributed by atoms with Crippen molar-refractivity contribution in [1.29, 1.82) is 0 Å². The van der Waals surface area contributed by atoms with Crippen LogP contribution in [0.1, 0.15) is 28.6 Å². The first-order valence-electron chi connectivity index (χ1n) is 8.31. The zero-order valence-electron chi connectivity index (χ0n) is 15.0. The average Bonchev–Trinajstić information content (AvgIpc) is 3.15. The SMILES string of the molecule is Cc1n[nH]c(C)c1CCNC(=O)C(c1ccc2c(c1)OCO2)N(C)C. The molecule has 0 bridgehead atoms. The fourth-order valence-corrected chi connectivity index (χ4v) is 3.12. The third kappa shape index (κ3) is 3.61. The van der Waals surface area contributed by atoms with Crippen LogP contribution in [-0.4, -0.2) is 48.4 Å². The highest BCUT2D eigenvalue weighted by Crippen LogP contribution is 2.35. The molecule has 1 atom stereocenters. The standard InChI is InChI=1S/C18H24N4O3/c1-11-14(12(2)21-20-11)7-8-19-18(23)17(22(3)4)13-5-6-15-16(9-13)25-10-24-15/h5-6,9,17H,7-8,10H2,1-4H3,(H,19,23)(H,20,21). The Bertz CT molecular complexity index is 750. The van der Waals surface area contributed by atoms with Crippen LogP contribution >= 0.6 is 0 Å². The molecule has 2 N–H and O–H groups in total. The number of amides is 1. The van der Waals surface area contributed by atoms with Crippen LogP contribution < -0.4 is 14.8 Å². The number of ether oxygens (including phenoxy) is 2. The molecule has 25 heavy (non-hydrogen) atoms. The molecule has 1 unspecified atom stereocenters. The summed E-state index contributed by atoms with van der Waals surface area (Å²) in [5, 5.41) is 10.2. The number of rotatable bonds is 6. The summed E-state index contributed by atoms with van der Waals surface area (Å²) in [6.45, 7) is 4.75. The molecular weight excluding hydrogens is 320 g/mol. The third-order valence-corrected chi connectivity index (χ3v) is 4.43. The molecule has 0 saturated heterocycles. The van der Waals surface area contributed by atoms with Gasteiger partial charge in [0.1, 0.15) is 6.04 Å². The van der Waals surface area contributed by atoms with E-state index in [4.69, 9.17) is 9.47 Å². The maximum atomic E-state index is 12.7. The van der Waals surface area contributed by atoms with Gasteiger partial charge < -0.3 is 14.8 Å². The highest BCUT2D eigenvalue weighted by atomic mass is 16.7. The van der Waals surface area contributed by atoms with Gasteiger partial charge in [0, 0.05) is 12.2 Å². The molecule has 134 valence electrons. The number of nitrogens with one attached hydrogen (secondary N) is 2. The largest absolute Gasteiger partial charge is 0.454 e. The topological polar surface area (TPSA) is 79.5 Å². The van der Waals surface area contributed by atoms with E-state index in [-0.39, 0.29) is 18.7 Å². The van der Waals surface area contributed by atoms with Crippen LogP contribution in [0.5, 0.6) is 11.5 Å². The fourth-order valence-electron chi connectivity index (χ4n) is 3.12. The van der Waals surface area contributed by atoms with E-state index in [2.05, 4.69) is 15.5 Å². The summed E-state index contributed by atoms with van der Waals surface area (Å²) < 4.78 is 10.8. The minimum Gasteiger partial charge on any atom is -0.454 e. The molecule has 1 aliphatic rings. The molecule has 2 aromatic rings. The molecule has 1 amide bonds. The molecule has 1 aromatic carbocycles. The van der Waals surface area contributed by atoms with Crippen molar-refractivity contribution in [2.45, 2.75) is 26.3 Å². The van der Waals surface area contributed by atoms with Crippen molar-refractivity contribution in [3.63, 3.8) is 0 Å². The Balaban J connectivity index is 1.67. The van der Waals surface area contributed by atoms with Crippen molar-refractivity contribution in [2.75, 3.05) is 27.4 Å². The van der Waals surface area contributed by atoms with Crippen LogP contribution in [0.4, 0.5) is 0 Å². The van der Waals surface area contributed by atoms with Gasteiger partial charge in [0.2, 0.25) is 12.7 Å². The van der Waals surface area contributed by atoms with Crippen molar-refractivity contribution in [2.24, 2.45) is 0 Å². The number of aryl methyl sites for hydroxylation is 2. The number of nitrogens with zero attached hydrogens (tertiary/aromatic N) is 2. The van der Waals surface area contributed by atoms with E-state index >= 15 is 0 Å². The second kappa shape index (κ2) is 7.14. The Morgan fingerprint density at radius 2 is 2.08 bits per heavy atom. The Hall–Kier alpha value is -2.54. The maximum Gasteiger partial charge on any atom is 0.241 e. The average molecular weight is 344 g/mol. The molecule has 0 aliphatic carbocycles. The van der Waals surface area contributed by atoms with Gasteiger partial charge in [-0.05, 0) is 57.6 Å². The summed E-state index contributed by atoms with van der Waals surface area (Å²) in [7, 11) is 3.78. The zero-order valence-corrected chi connectivity index (χ0v) is 15.0. The number of aromatic nitrogens is 2. The fraction of sp³-hybridized carbons (Fsp3) is 0.444. The van der Waals surface area contributed by atoms with Gasteiger partial charge >= 0.3 is 0 Å². The number of likely N-dealkylation sites (N-methyl/N-ethyl adjacent to an activating group) is 1. The number of hydrogen-bond donors (Lipinski definition) is 2. The van der Waals surface area contributed by atoms with Crippen LogP contribution in [-0.2, 0) is 11.2 Å². The minimum absolute atomic E-state index is 0.0392. The Labute approximate surface area is 147 Å². The van der Waals surface area contributed by atoms with Crippen molar-refractivity contribution < 1.29 is 14.3 Å². The Morgan fingerprint density at radius 3 is 2.76 bits per heavy atom. The molecule has 3 rings (SSSR count). The summed E-state index contributed by atoms with van der Waals surface area (Å²) >= 11 is 0. The van der Waals surface area contributed by atoms with E-state index in [9.17, 15) is 4.79 Å². The first-order valence-corrected chi connectivity index (χ1v) is 8.31. The third-order valence-electron chi connectivity index (χ3n) is 4.43. The van der Waals surface area contributed by atoms with Crippen LogP contribution in [0.2, 0.25) is 0 Å². The number of fused-ring (bicyclic) bond motifs is 1. The number of hydrogen-bond acceptors (Lipinski definition) is 5. The van der Waals surface area contributed by atoms with E-state index in [1.165, 1.54) is 0 Å². The van der Waals surface area contributed by atoms with E-state index < -0.39 is 0 Å². The molecule has 0 radical (unpaired) electrons. The number of benzene rings is 1. The molecule has 0 fully saturated rings. The zero-order chi connectivity index (χ0) is 18.0. The lowest BCUT2D eigenvalue weighted by Gasteiger charge is -2.24. The first-order chi connectivity index (χ1) is 12.0. The van der Waals surface area contributed by atoms with Crippen LogP contribution in [0.25, 0.3) is 0 Å². The van der Waals surface area contributed by atoms with Gasteiger partial charge in [0.05, 0.1) is 5.69 Å². The summed E-state index contributed by atoms with van der Waals surface area (Å²) in [5.41, 5.74) is 4.06. The molecule has 1 aliphatic heterocycles. The van der Waals surface area contributed by atoms with Gasteiger partial charge in [-0.25, -0.2) is 0 Å². The van der Waals surface area contributed by atoms with Crippen molar-refractivity contribution in [3.05, 3.63) is 40.7 Å². The van der Waals surface area contributed by atoms with E-state index in [1.807, 2.05) is 51.0 Å². The molecule has 7 nitrogen and oxygen atoms in total. The number of carbonyl (C=O) groups excluding carboxylic acids is 1. The molecular formula is C18H24N4O3. The van der Waals surface area contributed by atoms with Crippen molar-refractivity contribution in [3.8, 4) is 11.5 Å². The van der Waals surface area contributed by atoms with Gasteiger partial charge in [0.15, 0.2) is 11.5 Å². The van der Waals surface area contributed by atoms with Gasteiger partial charge in [-0.3, -0.25) is 14.8 Å². The summed E-state index contributed by atoms with van der Waals surface area (Å²) in [4.78, 5) is 14.6. The van der Waals surface area contributed by atoms with Gasteiger partial charge in [-0.1, -0.05) is 6.07 Å². The molecule has 0 spiro atoms. The molecule has 2 heterocycles. The number of aromatic amines is 1. The summed E-state index contributed by atoms with van der Waals surface area (Å²) in [6.07, 6.45) is 0.751. The van der Waals surface area contributed by atoms with Crippen LogP contribution in [0, 0.1) is 13.8 Å². The van der Waals surface area contributed by atoms with E-state index in [1.54, 1.807) is 0 Å². The van der Waals surface area contributed by atoms with E-state index in [0.717, 1.165) is 28.9 Å². The lowest BCUT2D eigenvalue weighted by Crippen LogP contribution is -2.38. The minimum atomic E-state index is -0.388. The second-order valence-corrected chi connectivity index (χ2v) is 6.43. The maximum absolute atomic E-state index is 12.7. The highest BCUT2D eigenvalue weighted by molar-refractivity contribution is 5.83. The quantitative estimate of drug-likeness (QED) is 0.834. The molecule has 0 saturated carbocycles. The number of carbonyl (C=O) groups is 1. The second-order valence-electron chi connectivity index (χ2n) is 6.43. The van der Waals surface area contributed by atoms with Gasteiger partial charge in [-0.15, -0.1) is 0 Å². The van der Waals surface area contributed by atoms with Crippen molar-refractivity contribution >= 4 is 5.91 Å². The van der Waals surface area contributed by atoms with Crippen molar-refractivity contribution in [1.82, 2.24) is 20.4 Å². The molecule has 1 aromatic heterocycles. The van der Waals surface area contributed by atoms with Crippen LogP contribution in [0.3, 0.4) is 0 Å². The first kappa shape index (κ1) is 17.3. The van der Waals surface area contributed by atoms with E-state index in [0.29, 0.717) is 18.0 Å². The molecule has 7 heteroatoms. The lowest BCUT2D eigenvalue weighted by molar-refractivity contribution is -0.125. The van der Waals surface area contributed by atoms with Crippen LogP contribution in [0.15, 0.2) is 18.2 Å². The van der Waals surface area contributed by atoms with Gasteiger partial charge in [0.25, 0.3) is 0 Å². The lowest BCUT2D eigenvalue weighted by atomic mass is 10.0. The Kier molecular flexibility index (Phi) is 4.94. The number of H-pyrrole nitrogens is 1. The Morgan fingerprint density at radius 1 is 1.32 bits per heavy atom. The highest BCUT2D eigenvalue weighted by Gasteiger charge is 2.25. The predicted molar refractivity (Wildman–Crippen MR) is 93.8 cm³/mol. The normalized spacial score (nSPS) is 14.0. The summed E-state index contributed by atoms with van der Waals surface area (Å²) in [5.74, 6) is 1.36.